The Balaban J connectivity index is 1.65. The van der Waals surface area contributed by atoms with Crippen LogP contribution in [0.2, 0.25) is 0 Å². The molecular weight excluding hydrogens is 402 g/mol. The van der Waals surface area contributed by atoms with Crippen molar-refractivity contribution < 1.29 is 14.6 Å². The van der Waals surface area contributed by atoms with Crippen molar-refractivity contribution in [1.82, 2.24) is 5.32 Å². The van der Waals surface area contributed by atoms with Crippen molar-refractivity contribution in [2.45, 2.75) is 6.17 Å². The van der Waals surface area contributed by atoms with Gasteiger partial charge in [-0.05, 0) is 47.0 Å². The zero-order chi connectivity index (χ0) is 22.5. The lowest BCUT2D eigenvalue weighted by Crippen LogP contribution is -2.40. The molecule has 0 bridgehead atoms. The van der Waals surface area contributed by atoms with E-state index in [1.54, 1.807) is 19.2 Å². The fourth-order valence-corrected chi connectivity index (χ4v) is 3.55. The number of anilines is 1. The molecule has 1 atom stereocenters. The van der Waals surface area contributed by atoms with Crippen LogP contribution in [0.25, 0.3) is 16.8 Å². The van der Waals surface area contributed by atoms with Gasteiger partial charge >= 0.3 is 5.97 Å². The summed E-state index contributed by atoms with van der Waals surface area (Å²) < 4.78 is 5.17. The number of nitrogens with one attached hydrogen (secondary N) is 2. The minimum atomic E-state index is -1.15. The van der Waals surface area contributed by atoms with E-state index >= 15 is 0 Å². The van der Waals surface area contributed by atoms with E-state index in [0.717, 1.165) is 22.4 Å². The van der Waals surface area contributed by atoms with E-state index in [1.165, 1.54) is 6.08 Å². The van der Waals surface area contributed by atoms with E-state index in [0.29, 0.717) is 11.4 Å². The van der Waals surface area contributed by atoms with Gasteiger partial charge in [-0.25, -0.2) is 4.79 Å². The Hall–Kier alpha value is -4.50. The number of hydrogen-bond acceptors (Lipinski definition) is 5. The Kier molecular flexibility index (Phi) is 5.91. The second-order valence-electron chi connectivity index (χ2n) is 7.20. The number of carboxylic acids is 1. The maximum atomic E-state index is 11.9. The van der Waals surface area contributed by atoms with Crippen LogP contribution in [-0.2, 0) is 4.79 Å². The van der Waals surface area contributed by atoms with E-state index in [-0.39, 0.29) is 11.1 Å². The highest BCUT2D eigenvalue weighted by Crippen LogP contribution is 2.28. The first kappa shape index (κ1) is 20.8. The molecule has 1 heterocycles. The van der Waals surface area contributed by atoms with Gasteiger partial charge in [-0.3, -0.25) is 0 Å². The Morgan fingerprint density at radius 2 is 1.59 bits per heavy atom. The molecule has 1 aliphatic rings. The number of rotatable bonds is 6. The van der Waals surface area contributed by atoms with E-state index in [1.807, 2.05) is 72.8 Å². The summed E-state index contributed by atoms with van der Waals surface area (Å²) in [4.78, 5) is 11.9. The molecule has 3 aromatic rings. The summed E-state index contributed by atoms with van der Waals surface area (Å²) in [6.45, 7) is 0. The van der Waals surface area contributed by atoms with Gasteiger partial charge in [0.05, 0.1) is 24.3 Å². The number of nitrogens with zero attached hydrogens (tertiary/aromatic N) is 1. The molecule has 4 rings (SSSR count). The average molecular weight is 423 g/mol. The quantitative estimate of drug-likeness (QED) is 0.534. The van der Waals surface area contributed by atoms with Crippen LogP contribution in [0, 0.1) is 11.3 Å². The van der Waals surface area contributed by atoms with E-state index in [2.05, 4.69) is 10.6 Å². The van der Waals surface area contributed by atoms with E-state index in [9.17, 15) is 15.2 Å². The lowest BCUT2D eigenvalue weighted by molar-refractivity contribution is -0.132. The van der Waals surface area contributed by atoms with Crippen molar-refractivity contribution in [3.63, 3.8) is 0 Å². The van der Waals surface area contributed by atoms with Crippen LogP contribution >= 0.6 is 0 Å². The first-order chi connectivity index (χ1) is 15.6. The van der Waals surface area contributed by atoms with Crippen molar-refractivity contribution in [2.24, 2.45) is 0 Å². The molecule has 1 aliphatic heterocycles. The Labute approximate surface area is 186 Å². The molecule has 0 amide bonds. The summed E-state index contributed by atoms with van der Waals surface area (Å²) in [6.07, 6.45) is 0.804. The van der Waals surface area contributed by atoms with Crippen LogP contribution in [0.3, 0.4) is 0 Å². The van der Waals surface area contributed by atoms with Crippen LogP contribution < -0.4 is 15.4 Å². The highest BCUT2D eigenvalue weighted by atomic mass is 16.5. The number of aliphatic carboxylic acids is 1. The van der Waals surface area contributed by atoms with E-state index in [4.69, 9.17) is 4.74 Å². The normalized spacial score (nSPS) is 15.2. The topological polar surface area (TPSA) is 94.4 Å². The first-order valence-electron chi connectivity index (χ1n) is 10.0. The molecule has 0 aliphatic carbocycles. The molecule has 1 unspecified atom stereocenters. The molecule has 0 spiro atoms. The van der Waals surface area contributed by atoms with Gasteiger partial charge in [0.15, 0.2) is 0 Å². The predicted molar refractivity (Wildman–Crippen MR) is 124 cm³/mol. The second kappa shape index (κ2) is 9.11. The molecule has 6 nitrogen and oxygen atoms in total. The van der Waals surface area contributed by atoms with Gasteiger partial charge < -0.3 is 20.5 Å². The fraction of sp³-hybridized carbons (Fsp3) is 0.0769. The molecule has 158 valence electrons. The second-order valence-corrected chi connectivity index (χ2v) is 7.20. The third kappa shape index (κ3) is 4.32. The Bertz CT molecular complexity index is 1220. The summed E-state index contributed by atoms with van der Waals surface area (Å²) in [6, 6.07) is 27.1. The summed E-state index contributed by atoms with van der Waals surface area (Å²) >= 11 is 0. The van der Waals surface area contributed by atoms with Gasteiger partial charge in [-0.1, -0.05) is 54.6 Å². The number of ether oxygens (including phenoxy) is 1. The van der Waals surface area contributed by atoms with Gasteiger partial charge in [0, 0.05) is 11.4 Å². The van der Waals surface area contributed by atoms with Crippen molar-refractivity contribution in [2.75, 3.05) is 12.4 Å². The molecule has 0 fully saturated rings. The molecular formula is C26H21N3O3. The average Bonchev–Trinajstić information content (AvgIpc) is 2.84. The lowest BCUT2D eigenvalue weighted by Gasteiger charge is -2.28. The predicted octanol–water partition coefficient (Wildman–Crippen LogP) is 4.65. The van der Waals surface area contributed by atoms with Gasteiger partial charge in [-0.2, -0.15) is 5.26 Å². The maximum absolute atomic E-state index is 11.9. The van der Waals surface area contributed by atoms with Crippen molar-refractivity contribution in [3.8, 4) is 22.9 Å². The number of carboxylic acid groups (broad SMARTS) is 1. The summed E-state index contributed by atoms with van der Waals surface area (Å²) in [5.41, 5.74) is 4.39. The SMILES string of the molecule is COc1ccc(NC2NC(c3ccc(-c4ccccc4)cc3)=CC(C(=O)O)=C2C#N)cc1. The minimum Gasteiger partial charge on any atom is -0.497 e. The first-order valence-corrected chi connectivity index (χ1v) is 10.0. The Morgan fingerprint density at radius 3 is 2.19 bits per heavy atom. The number of dihydropyridines is 1. The lowest BCUT2D eigenvalue weighted by atomic mass is 9.96. The molecule has 3 aromatic carbocycles. The molecule has 0 saturated carbocycles. The Morgan fingerprint density at radius 1 is 0.969 bits per heavy atom. The standard InChI is InChI=1S/C26H21N3O3/c1-32-21-13-11-20(12-14-21)28-25-23(16-27)22(26(30)31)15-24(29-25)19-9-7-18(8-10-19)17-5-3-2-4-6-17/h2-15,25,28-29H,1H3,(H,30,31). The van der Waals surface area contributed by atoms with Gasteiger partial charge in [0.2, 0.25) is 0 Å². The van der Waals surface area contributed by atoms with Crippen molar-refractivity contribution in [1.29, 1.82) is 5.26 Å². The van der Waals surface area contributed by atoms with Crippen LogP contribution in [0.5, 0.6) is 5.75 Å². The zero-order valence-corrected chi connectivity index (χ0v) is 17.4. The molecule has 0 radical (unpaired) electrons. The summed E-state index contributed by atoms with van der Waals surface area (Å²) in [7, 11) is 1.58. The zero-order valence-electron chi connectivity index (χ0n) is 17.4. The smallest absolute Gasteiger partial charge is 0.336 e. The number of carbonyl (C=O) groups is 1. The molecule has 0 aromatic heterocycles. The van der Waals surface area contributed by atoms with Gasteiger partial charge in [0.25, 0.3) is 0 Å². The minimum absolute atomic E-state index is 0.0422. The third-order valence-electron chi connectivity index (χ3n) is 5.22. The molecule has 0 saturated heterocycles. The number of hydrogen-bond donors (Lipinski definition) is 3. The highest BCUT2D eigenvalue weighted by Gasteiger charge is 2.27. The fourth-order valence-electron chi connectivity index (χ4n) is 3.55. The van der Waals surface area contributed by atoms with Crippen LogP contribution in [0.4, 0.5) is 5.69 Å². The monoisotopic (exact) mass is 423 g/mol. The van der Waals surface area contributed by atoms with Crippen LogP contribution in [0.1, 0.15) is 5.56 Å². The highest BCUT2D eigenvalue weighted by molar-refractivity contribution is 5.96. The molecule has 6 heteroatoms. The van der Waals surface area contributed by atoms with Crippen LogP contribution in [0.15, 0.2) is 96.1 Å². The van der Waals surface area contributed by atoms with E-state index < -0.39 is 12.1 Å². The summed E-state index contributed by atoms with van der Waals surface area (Å²) in [5, 5.41) is 25.9. The molecule has 3 N–H and O–H groups in total. The number of methoxy groups -OCH3 is 1. The van der Waals surface area contributed by atoms with Gasteiger partial charge in [0.1, 0.15) is 11.9 Å². The molecule has 32 heavy (non-hydrogen) atoms. The van der Waals surface area contributed by atoms with Crippen molar-refractivity contribution >= 4 is 17.4 Å². The van der Waals surface area contributed by atoms with Crippen molar-refractivity contribution in [3.05, 3.63) is 102 Å². The van der Waals surface area contributed by atoms with Crippen LogP contribution in [-0.4, -0.2) is 24.4 Å². The number of nitriles is 1. The third-order valence-corrected chi connectivity index (χ3v) is 5.22. The maximum Gasteiger partial charge on any atom is 0.336 e. The largest absolute Gasteiger partial charge is 0.497 e. The number of benzene rings is 3. The summed E-state index contributed by atoms with van der Waals surface area (Å²) in [5.74, 6) is -0.448. The van der Waals surface area contributed by atoms with Gasteiger partial charge in [-0.15, -0.1) is 0 Å².